The Bertz CT molecular complexity index is 1060. The summed E-state index contributed by atoms with van der Waals surface area (Å²) in [4.78, 5) is 18.3. The molecular formula is C20H24N4O6S. The molecule has 1 aromatic carbocycles. The largest absolute Gasteiger partial charge is 0.490 e. The number of ether oxygens (including phenoxy) is 2. The smallest absolute Gasteiger partial charge is 0.335 e. The number of benzene rings is 1. The number of hydrogen-bond acceptors (Lipinski definition) is 7. The number of nitrogens with one attached hydrogen (secondary N) is 2. The number of carbonyl (C=O) groups is 1. The summed E-state index contributed by atoms with van der Waals surface area (Å²) < 4.78 is 39.1. The maximum absolute atomic E-state index is 12.8. The fourth-order valence-corrected chi connectivity index (χ4v) is 4.60. The van der Waals surface area contributed by atoms with Gasteiger partial charge < -0.3 is 14.6 Å². The Morgan fingerprint density at radius 1 is 1.26 bits per heavy atom. The lowest BCUT2D eigenvalue weighted by molar-refractivity contribution is 0.0255. The number of aryl methyl sites for hydroxylation is 1. The predicted octanol–water partition coefficient (Wildman–Crippen LogP) is 1.95. The standard InChI is InChI=1S/C20H24N4O6S/c25-20(26)14-11-15(13-17(12-14)30-16-5-9-29-10-6-16)22-31(27,28)23-24-8-2-3-18-19(24)4-1-7-21-18/h1,4,7,11-13,16,22-23H,2-3,5-6,8-10H2,(H,25,26). The highest BCUT2D eigenvalue weighted by Crippen LogP contribution is 2.26. The van der Waals surface area contributed by atoms with Gasteiger partial charge in [-0.05, 0) is 37.1 Å². The quantitative estimate of drug-likeness (QED) is 0.586. The van der Waals surface area contributed by atoms with Crippen LogP contribution in [0.5, 0.6) is 5.75 Å². The fourth-order valence-electron chi connectivity index (χ4n) is 3.65. The third kappa shape index (κ3) is 5.43. The molecule has 1 saturated heterocycles. The molecule has 0 aliphatic carbocycles. The van der Waals surface area contributed by atoms with Crippen molar-refractivity contribution in [3.05, 3.63) is 47.8 Å². The molecule has 11 heteroatoms. The molecule has 0 amide bonds. The zero-order valence-corrected chi connectivity index (χ0v) is 17.6. The van der Waals surface area contributed by atoms with Gasteiger partial charge in [0.25, 0.3) is 0 Å². The van der Waals surface area contributed by atoms with Crippen LogP contribution in [0, 0.1) is 0 Å². The minimum atomic E-state index is -4.04. The zero-order valence-electron chi connectivity index (χ0n) is 16.8. The monoisotopic (exact) mass is 448 g/mol. The molecular weight excluding hydrogens is 424 g/mol. The molecule has 166 valence electrons. The van der Waals surface area contributed by atoms with Crippen molar-refractivity contribution in [2.75, 3.05) is 29.5 Å². The van der Waals surface area contributed by atoms with Crippen LogP contribution in [-0.2, 0) is 21.4 Å². The molecule has 0 atom stereocenters. The number of pyridine rings is 1. The number of aromatic carboxylic acids is 1. The van der Waals surface area contributed by atoms with Crippen molar-refractivity contribution in [3.63, 3.8) is 0 Å². The Morgan fingerprint density at radius 2 is 2.06 bits per heavy atom. The molecule has 3 heterocycles. The van der Waals surface area contributed by atoms with Crippen molar-refractivity contribution in [2.45, 2.75) is 31.8 Å². The van der Waals surface area contributed by atoms with E-state index in [1.165, 1.54) is 23.2 Å². The number of rotatable bonds is 7. The van der Waals surface area contributed by atoms with Gasteiger partial charge in [-0.1, -0.05) is 0 Å². The van der Waals surface area contributed by atoms with Crippen LogP contribution in [0.1, 0.15) is 35.3 Å². The van der Waals surface area contributed by atoms with Gasteiger partial charge in [-0.25, -0.2) is 4.79 Å². The van der Waals surface area contributed by atoms with Crippen LogP contribution in [0.3, 0.4) is 0 Å². The first-order chi connectivity index (χ1) is 14.9. The zero-order chi connectivity index (χ0) is 21.8. The summed E-state index contributed by atoms with van der Waals surface area (Å²) in [5.41, 5.74) is 1.53. The first-order valence-corrected chi connectivity index (χ1v) is 11.5. The number of anilines is 2. The predicted molar refractivity (Wildman–Crippen MR) is 113 cm³/mol. The molecule has 0 radical (unpaired) electrons. The third-order valence-electron chi connectivity index (χ3n) is 5.06. The van der Waals surface area contributed by atoms with E-state index in [1.54, 1.807) is 18.3 Å². The molecule has 2 aliphatic heterocycles. The Morgan fingerprint density at radius 3 is 2.84 bits per heavy atom. The molecule has 2 aromatic rings. The van der Waals surface area contributed by atoms with Gasteiger partial charge in [0.05, 0.1) is 35.8 Å². The third-order valence-corrected chi connectivity index (χ3v) is 6.02. The number of aromatic nitrogens is 1. The van der Waals surface area contributed by atoms with Gasteiger partial charge in [-0.2, -0.15) is 8.42 Å². The lowest BCUT2D eigenvalue weighted by Gasteiger charge is -2.30. The van der Waals surface area contributed by atoms with E-state index in [0.29, 0.717) is 38.3 Å². The summed E-state index contributed by atoms with van der Waals surface area (Å²) in [5, 5.41) is 10.9. The summed E-state index contributed by atoms with van der Waals surface area (Å²) in [6.45, 7) is 1.63. The second-order valence-corrected chi connectivity index (χ2v) is 8.80. The Kier molecular flexibility index (Phi) is 6.25. The number of fused-ring (bicyclic) bond motifs is 1. The molecule has 2 aliphatic rings. The number of carboxylic acid groups (broad SMARTS) is 1. The summed E-state index contributed by atoms with van der Waals surface area (Å²) in [7, 11) is -4.04. The average molecular weight is 449 g/mol. The highest BCUT2D eigenvalue weighted by Gasteiger charge is 2.23. The maximum atomic E-state index is 12.8. The molecule has 0 bridgehead atoms. The summed E-state index contributed by atoms with van der Waals surface area (Å²) >= 11 is 0. The van der Waals surface area contributed by atoms with E-state index in [1.807, 2.05) is 0 Å². The van der Waals surface area contributed by atoms with E-state index in [0.717, 1.165) is 18.5 Å². The van der Waals surface area contributed by atoms with Crippen LogP contribution < -0.4 is 19.3 Å². The van der Waals surface area contributed by atoms with Crippen LogP contribution in [-0.4, -0.2) is 50.3 Å². The number of hydrogen-bond donors (Lipinski definition) is 3. The van der Waals surface area contributed by atoms with Crippen LogP contribution in [0.25, 0.3) is 0 Å². The second kappa shape index (κ2) is 9.08. The first kappa shape index (κ1) is 21.3. The highest BCUT2D eigenvalue weighted by molar-refractivity contribution is 7.90. The topological polar surface area (TPSA) is 130 Å². The summed E-state index contributed by atoms with van der Waals surface area (Å²) in [6.07, 6.45) is 4.45. The van der Waals surface area contributed by atoms with Crippen molar-refractivity contribution < 1.29 is 27.8 Å². The van der Waals surface area contributed by atoms with Crippen molar-refractivity contribution in [3.8, 4) is 5.75 Å². The molecule has 1 aromatic heterocycles. The lowest BCUT2D eigenvalue weighted by Crippen LogP contribution is -2.47. The van der Waals surface area contributed by atoms with E-state index < -0.39 is 16.2 Å². The van der Waals surface area contributed by atoms with Gasteiger partial charge in [-0.15, -0.1) is 4.83 Å². The molecule has 10 nitrogen and oxygen atoms in total. The van der Waals surface area contributed by atoms with E-state index in [9.17, 15) is 18.3 Å². The maximum Gasteiger partial charge on any atom is 0.335 e. The molecule has 1 fully saturated rings. The fraction of sp³-hybridized carbons (Fsp3) is 0.400. The number of nitrogens with zero attached hydrogens (tertiary/aromatic N) is 2. The van der Waals surface area contributed by atoms with Crippen LogP contribution >= 0.6 is 0 Å². The molecule has 4 rings (SSSR count). The summed E-state index contributed by atoms with van der Waals surface area (Å²) in [6, 6.07) is 7.66. The SMILES string of the molecule is O=C(O)c1cc(NS(=O)(=O)NN2CCCc3ncccc32)cc(OC2CCOCC2)c1. The van der Waals surface area contributed by atoms with Gasteiger partial charge in [0.1, 0.15) is 11.9 Å². The summed E-state index contributed by atoms with van der Waals surface area (Å²) in [5.74, 6) is -0.890. The van der Waals surface area contributed by atoms with Gasteiger partial charge >= 0.3 is 16.2 Å². The van der Waals surface area contributed by atoms with Gasteiger partial charge in [0.2, 0.25) is 0 Å². The Labute approximate surface area is 180 Å². The molecule has 0 spiro atoms. The Balaban J connectivity index is 1.52. The van der Waals surface area contributed by atoms with Gasteiger partial charge in [-0.3, -0.25) is 14.7 Å². The number of carboxylic acids is 1. The van der Waals surface area contributed by atoms with Crippen molar-refractivity contribution in [2.24, 2.45) is 0 Å². The van der Waals surface area contributed by atoms with E-state index >= 15 is 0 Å². The Hall–Kier alpha value is -2.89. The van der Waals surface area contributed by atoms with Crippen molar-refractivity contribution in [1.29, 1.82) is 0 Å². The van der Waals surface area contributed by atoms with Crippen LogP contribution in [0.15, 0.2) is 36.5 Å². The van der Waals surface area contributed by atoms with E-state index in [4.69, 9.17) is 9.47 Å². The average Bonchev–Trinajstić information content (AvgIpc) is 2.74. The first-order valence-electron chi connectivity index (χ1n) is 10.0. The number of hydrazine groups is 1. The second-order valence-electron chi connectivity index (χ2n) is 7.40. The molecule has 0 saturated carbocycles. The van der Waals surface area contributed by atoms with Gasteiger partial charge in [0.15, 0.2) is 0 Å². The van der Waals surface area contributed by atoms with Crippen LogP contribution in [0.4, 0.5) is 11.4 Å². The van der Waals surface area contributed by atoms with E-state index in [-0.39, 0.29) is 23.1 Å². The van der Waals surface area contributed by atoms with Crippen molar-refractivity contribution in [1.82, 2.24) is 9.82 Å². The lowest BCUT2D eigenvalue weighted by atomic mass is 10.1. The van der Waals surface area contributed by atoms with Gasteiger partial charge in [0, 0.05) is 31.6 Å². The minimum Gasteiger partial charge on any atom is -0.490 e. The van der Waals surface area contributed by atoms with Crippen LogP contribution in [0.2, 0.25) is 0 Å². The minimum absolute atomic E-state index is 0.0743. The highest BCUT2D eigenvalue weighted by atomic mass is 32.2. The van der Waals surface area contributed by atoms with E-state index in [2.05, 4.69) is 14.5 Å². The van der Waals surface area contributed by atoms with Crippen molar-refractivity contribution >= 4 is 27.6 Å². The molecule has 3 N–H and O–H groups in total. The molecule has 31 heavy (non-hydrogen) atoms. The molecule has 0 unspecified atom stereocenters. The normalized spacial score (nSPS) is 17.1.